The van der Waals surface area contributed by atoms with Crippen molar-refractivity contribution < 1.29 is 14.3 Å². The van der Waals surface area contributed by atoms with Crippen LogP contribution in [-0.2, 0) is 24.1 Å². The molecule has 1 aromatic heterocycles. The molecule has 1 heterocycles. The number of carboxylic acid groups (broad SMARTS) is 1. The fourth-order valence-electron chi connectivity index (χ4n) is 2.64. The van der Waals surface area contributed by atoms with E-state index in [1.165, 1.54) is 11.1 Å². The number of aryl methyl sites for hydroxylation is 1. The zero-order valence-corrected chi connectivity index (χ0v) is 11.6. The molecule has 0 bridgehead atoms. The molecule has 0 radical (unpaired) electrons. The monoisotopic (exact) mass is 287 g/mol. The highest BCUT2D eigenvalue weighted by Gasteiger charge is 2.22. The summed E-state index contributed by atoms with van der Waals surface area (Å²) in [6.45, 7) is 0. The maximum atomic E-state index is 10.5. The molecule has 1 aliphatic rings. The number of rotatable bonds is 6. The maximum Gasteiger partial charge on any atom is 0.315 e. The predicted molar refractivity (Wildman–Crippen MR) is 76.1 cm³/mol. The number of aliphatic carboxylic acids is 1. The highest BCUT2D eigenvalue weighted by molar-refractivity contribution is 5.66. The van der Waals surface area contributed by atoms with E-state index in [-0.39, 0.29) is 12.5 Å². The number of fused-ring (bicyclic) bond motifs is 1. The topological polar surface area (TPSA) is 88.2 Å². The zero-order chi connectivity index (χ0) is 14.7. The molecule has 3 rings (SSSR count). The lowest BCUT2D eigenvalue weighted by Crippen LogP contribution is -2.19. The summed E-state index contributed by atoms with van der Waals surface area (Å²) in [5, 5.41) is 19.7. The van der Waals surface area contributed by atoms with Gasteiger partial charge in [0.1, 0.15) is 0 Å². The van der Waals surface area contributed by atoms with Gasteiger partial charge in [-0.25, -0.2) is 0 Å². The average Bonchev–Trinajstić information content (AvgIpc) is 3.04. The molecule has 0 saturated carbocycles. The van der Waals surface area contributed by atoms with E-state index in [9.17, 15) is 4.79 Å². The van der Waals surface area contributed by atoms with Gasteiger partial charge >= 0.3 is 12.0 Å². The first-order valence-corrected chi connectivity index (χ1v) is 7.08. The van der Waals surface area contributed by atoms with Crippen LogP contribution in [0.15, 0.2) is 28.7 Å². The van der Waals surface area contributed by atoms with Crippen molar-refractivity contribution in [2.45, 2.75) is 38.1 Å². The standard InChI is InChI=1S/C15H17N3O3/c19-14(20)7-3-6-13-17-18-15(21-13)16-12-8-10-4-1-2-5-11(10)9-12/h1-2,4-5,12H,3,6-9H2,(H,16,18)(H,19,20). The van der Waals surface area contributed by atoms with Crippen molar-refractivity contribution in [1.82, 2.24) is 10.2 Å². The lowest BCUT2D eigenvalue weighted by atomic mass is 10.1. The second-order valence-corrected chi connectivity index (χ2v) is 5.27. The van der Waals surface area contributed by atoms with Crippen LogP contribution in [0.25, 0.3) is 0 Å². The van der Waals surface area contributed by atoms with Gasteiger partial charge in [-0.15, -0.1) is 5.10 Å². The molecule has 0 amide bonds. The average molecular weight is 287 g/mol. The van der Waals surface area contributed by atoms with Gasteiger partial charge in [0.05, 0.1) is 0 Å². The summed E-state index contributed by atoms with van der Waals surface area (Å²) in [5.74, 6) is -0.328. The highest BCUT2D eigenvalue weighted by atomic mass is 16.4. The van der Waals surface area contributed by atoms with Gasteiger partial charge in [-0.1, -0.05) is 29.4 Å². The Labute approximate surface area is 122 Å². The molecule has 6 nitrogen and oxygen atoms in total. The largest absolute Gasteiger partial charge is 0.481 e. The molecule has 0 unspecified atom stereocenters. The molecule has 0 aliphatic heterocycles. The molecule has 1 aliphatic carbocycles. The Morgan fingerprint density at radius 2 is 2.00 bits per heavy atom. The summed E-state index contributed by atoms with van der Waals surface area (Å²) in [4.78, 5) is 10.5. The third-order valence-corrected chi connectivity index (χ3v) is 3.63. The molecular formula is C15H17N3O3. The lowest BCUT2D eigenvalue weighted by molar-refractivity contribution is -0.137. The van der Waals surface area contributed by atoms with E-state index in [1.54, 1.807) is 0 Å². The fourth-order valence-corrected chi connectivity index (χ4v) is 2.64. The van der Waals surface area contributed by atoms with Crippen LogP contribution in [0.1, 0.15) is 29.9 Å². The van der Waals surface area contributed by atoms with Crippen LogP contribution in [0, 0.1) is 0 Å². The first kappa shape index (κ1) is 13.6. The van der Waals surface area contributed by atoms with E-state index in [0.29, 0.717) is 24.7 Å². The molecule has 0 saturated heterocycles. The summed E-state index contributed by atoms with van der Waals surface area (Å²) >= 11 is 0. The third-order valence-electron chi connectivity index (χ3n) is 3.63. The van der Waals surface area contributed by atoms with Crippen molar-refractivity contribution in [3.8, 4) is 0 Å². The second-order valence-electron chi connectivity index (χ2n) is 5.27. The van der Waals surface area contributed by atoms with Crippen LogP contribution in [0.5, 0.6) is 0 Å². The summed E-state index contributed by atoms with van der Waals surface area (Å²) < 4.78 is 5.50. The summed E-state index contributed by atoms with van der Waals surface area (Å²) in [6, 6.07) is 9.07. The normalized spacial score (nSPS) is 14.1. The Morgan fingerprint density at radius 1 is 1.29 bits per heavy atom. The summed E-state index contributed by atoms with van der Waals surface area (Å²) in [5.41, 5.74) is 2.72. The summed E-state index contributed by atoms with van der Waals surface area (Å²) in [6.07, 6.45) is 3.01. The molecular weight excluding hydrogens is 270 g/mol. The van der Waals surface area contributed by atoms with Gasteiger partial charge < -0.3 is 14.8 Å². The quantitative estimate of drug-likeness (QED) is 0.845. The van der Waals surface area contributed by atoms with Crippen molar-refractivity contribution in [2.24, 2.45) is 0 Å². The van der Waals surface area contributed by atoms with Crippen LogP contribution in [-0.4, -0.2) is 27.3 Å². The first-order valence-electron chi connectivity index (χ1n) is 7.08. The molecule has 6 heteroatoms. The van der Waals surface area contributed by atoms with Crippen molar-refractivity contribution in [2.75, 3.05) is 5.32 Å². The number of benzene rings is 1. The van der Waals surface area contributed by atoms with Gasteiger partial charge in [-0.3, -0.25) is 4.79 Å². The number of nitrogens with one attached hydrogen (secondary N) is 1. The Morgan fingerprint density at radius 3 is 2.67 bits per heavy atom. The van der Waals surface area contributed by atoms with E-state index in [4.69, 9.17) is 9.52 Å². The number of aromatic nitrogens is 2. The zero-order valence-electron chi connectivity index (χ0n) is 11.6. The van der Waals surface area contributed by atoms with Crippen LogP contribution in [0.3, 0.4) is 0 Å². The van der Waals surface area contributed by atoms with Crippen LogP contribution >= 0.6 is 0 Å². The lowest BCUT2D eigenvalue weighted by Gasteiger charge is -2.08. The predicted octanol–water partition coefficient (Wildman–Crippen LogP) is 2.06. The fraction of sp³-hybridized carbons (Fsp3) is 0.400. The number of carbonyl (C=O) groups is 1. The molecule has 0 fully saturated rings. The second kappa shape index (κ2) is 5.95. The van der Waals surface area contributed by atoms with Crippen molar-refractivity contribution in [3.63, 3.8) is 0 Å². The van der Waals surface area contributed by atoms with Crippen molar-refractivity contribution >= 4 is 12.0 Å². The molecule has 2 N–H and O–H groups in total. The van der Waals surface area contributed by atoms with Gasteiger partial charge in [0.25, 0.3) is 0 Å². The van der Waals surface area contributed by atoms with Gasteiger partial charge in [0.2, 0.25) is 5.89 Å². The Hall–Kier alpha value is -2.37. The van der Waals surface area contributed by atoms with E-state index in [1.807, 2.05) is 0 Å². The van der Waals surface area contributed by atoms with Crippen LogP contribution in [0.2, 0.25) is 0 Å². The van der Waals surface area contributed by atoms with E-state index >= 15 is 0 Å². The molecule has 2 aromatic rings. The van der Waals surface area contributed by atoms with Crippen molar-refractivity contribution in [1.29, 1.82) is 0 Å². The van der Waals surface area contributed by atoms with Gasteiger partial charge in [-0.05, 0) is 30.4 Å². The number of hydrogen-bond acceptors (Lipinski definition) is 5. The molecule has 21 heavy (non-hydrogen) atoms. The molecule has 1 aromatic carbocycles. The number of carboxylic acids is 1. The van der Waals surface area contributed by atoms with Crippen LogP contribution in [0.4, 0.5) is 6.01 Å². The Balaban J connectivity index is 1.53. The van der Waals surface area contributed by atoms with Gasteiger partial charge in [0, 0.05) is 18.9 Å². The van der Waals surface area contributed by atoms with E-state index in [0.717, 1.165) is 12.8 Å². The minimum atomic E-state index is -0.809. The van der Waals surface area contributed by atoms with Gasteiger partial charge in [0.15, 0.2) is 0 Å². The van der Waals surface area contributed by atoms with E-state index < -0.39 is 5.97 Å². The third kappa shape index (κ3) is 3.39. The smallest absolute Gasteiger partial charge is 0.315 e. The maximum absolute atomic E-state index is 10.5. The number of hydrogen-bond donors (Lipinski definition) is 2. The molecule has 110 valence electrons. The number of nitrogens with zero attached hydrogens (tertiary/aromatic N) is 2. The first-order chi connectivity index (χ1) is 10.2. The SMILES string of the molecule is O=C(O)CCCc1nnc(NC2Cc3ccccc3C2)o1. The Bertz CT molecular complexity index is 614. The number of anilines is 1. The minimum absolute atomic E-state index is 0.114. The van der Waals surface area contributed by atoms with Crippen LogP contribution < -0.4 is 5.32 Å². The van der Waals surface area contributed by atoms with Crippen molar-refractivity contribution in [3.05, 3.63) is 41.3 Å². The van der Waals surface area contributed by atoms with Gasteiger partial charge in [-0.2, -0.15) is 0 Å². The minimum Gasteiger partial charge on any atom is -0.481 e. The molecule has 0 spiro atoms. The molecule has 0 atom stereocenters. The highest BCUT2D eigenvalue weighted by Crippen LogP contribution is 2.24. The van der Waals surface area contributed by atoms with E-state index in [2.05, 4.69) is 39.8 Å². The Kier molecular flexibility index (Phi) is 3.85. The summed E-state index contributed by atoms with van der Waals surface area (Å²) in [7, 11) is 0.